The zero-order valence-corrected chi connectivity index (χ0v) is 14.1. The lowest BCUT2D eigenvalue weighted by Crippen LogP contribution is -2.22. The molecule has 25 heavy (non-hydrogen) atoms. The summed E-state index contributed by atoms with van der Waals surface area (Å²) in [4.78, 5) is 14.8. The van der Waals surface area contributed by atoms with E-state index in [2.05, 4.69) is 25.2 Å². The molecule has 3 rings (SSSR count). The van der Waals surface area contributed by atoms with Crippen molar-refractivity contribution in [3.05, 3.63) is 78.0 Å². The summed E-state index contributed by atoms with van der Waals surface area (Å²) >= 11 is 0. The summed E-state index contributed by atoms with van der Waals surface area (Å²) in [5, 5.41) is 3.07. The molecule has 0 aliphatic rings. The molecule has 1 N–H and O–H groups in total. The van der Waals surface area contributed by atoms with Crippen LogP contribution in [0.15, 0.2) is 61.1 Å². The standard InChI is InChI=1S/C19H20FN5/c1-25(13-9-15-6-10-21-11-7-15)18-8-12-22-19(24-18)23-14-16-4-2-3-5-17(16)20/h2-8,10-12H,9,13-14H2,1H3,(H,22,23,24). The molecule has 0 amide bonds. The van der Waals surface area contributed by atoms with Crippen LogP contribution in [0, 0.1) is 5.82 Å². The number of likely N-dealkylation sites (N-methyl/N-ethyl adjacent to an activating group) is 1. The predicted octanol–water partition coefficient (Wildman–Crippen LogP) is 3.30. The summed E-state index contributed by atoms with van der Waals surface area (Å²) in [6.45, 7) is 1.17. The summed E-state index contributed by atoms with van der Waals surface area (Å²) in [5.41, 5.74) is 1.82. The molecular formula is C19H20FN5. The summed E-state index contributed by atoms with van der Waals surface area (Å²) in [6.07, 6.45) is 6.20. The molecule has 0 saturated carbocycles. The number of anilines is 2. The summed E-state index contributed by atoms with van der Waals surface area (Å²) in [6, 6.07) is 12.6. The Kier molecular flexibility index (Phi) is 5.51. The number of benzene rings is 1. The Morgan fingerprint density at radius 3 is 2.64 bits per heavy atom. The van der Waals surface area contributed by atoms with Crippen LogP contribution in [0.5, 0.6) is 0 Å². The fourth-order valence-electron chi connectivity index (χ4n) is 2.42. The van der Waals surface area contributed by atoms with Crippen molar-refractivity contribution in [2.45, 2.75) is 13.0 Å². The van der Waals surface area contributed by atoms with Gasteiger partial charge in [0.05, 0.1) is 0 Å². The first-order valence-electron chi connectivity index (χ1n) is 8.13. The number of halogens is 1. The zero-order chi connectivity index (χ0) is 17.5. The van der Waals surface area contributed by atoms with E-state index in [0.29, 0.717) is 18.1 Å². The van der Waals surface area contributed by atoms with Gasteiger partial charge in [0, 0.05) is 44.3 Å². The molecule has 128 valence electrons. The van der Waals surface area contributed by atoms with Gasteiger partial charge in [-0.3, -0.25) is 4.98 Å². The molecule has 0 bridgehead atoms. The maximum atomic E-state index is 13.7. The van der Waals surface area contributed by atoms with E-state index < -0.39 is 0 Å². The Morgan fingerprint density at radius 2 is 1.84 bits per heavy atom. The molecule has 0 unspecified atom stereocenters. The van der Waals surface area contributed by atoms with Crippen LogP contribution in [0.2, 0.25) is 0 Å². The fourth-order valence-corrected chi connectivity index (χ4v) is 2.42. The van der Waals surface area contributed by atoms with Crippen molar-refractivity contribution < 1.29 is 4.39 Å². The molecule has 5 nitrogen and oxygen atoms in total. The van der Waals surface area contributed by atoms with Crippen LogP contribution in [0.25, 0.3) is 0 Å². The molecule has 0 atom stereocenters. The molecule has 0 radical (unpaired) electrons. The topological polar surface area (TPSA) is 53.9 Å². The lowest BCUT2D eigenvalue weighted by atomic mass is 10.2. The highest BCUT2D eigenvalue weighted by atomic mass is 19.1. The number of nitrogens with zero attached hydrogens (tertiary/aromatic N) is 4. The van der Waals surface area contributed by atoms with Crippen molar-refractivity contribution in [2.24, 2.45) is 0 Å². The third kappa shape index (κ3) is 4.73. The van der Waals surface area contributed by atoms with Crippen LogP contribution in [0.4, 0.5) is 16.2 Å². The number of aromatic nitrogens is 3. The van der Waals surface area contributed by atoms with Crippen LogP contribution in [0.3, 0.4) is 0 Å². The van der Waals surface area contributed by atoms with Gasteiger partial charge in [0.25, 0.3) is 0 Å². The Bertz CT molecular complexity index is 810. The summed E-state index contributed by atoms with van der Waals surface area (Å²) in [7, 11) is 1.99. The molecule has 2 heterocycles. The monoisotopic (exact) mass is 337 g/mol. The normalized spacial score (nSPS) is 10.5. The van der Waals surface area contributed by atoms with Crippen molar-refractivity contribution in [1.82, 2.24) is 15.0 Å². The molecule has 6 heteroatoms. The number of pyridine rings is 1. The highest BCUT2D eigenvalue weighted by Crippen LogP contribution is 2.13. The Morgan fingerprint density at radius 1 is 1.04 bits per heavy atom. The lowest BCUT2D eigenvalue weighted by Gasteiger charge is -2.18. The second kappa shape index (κ2) is 8.19. The molecule has 0 spiro atoms. The highest BCUT2D eigenvalue weighted by molar-refractivity contribution is 5.42. The first-order chi connectivity index (χ1) is 12.2. The predicted molar refractivity (Wildman–Crippen MR) is 97.0 cm³/mol. The summed E-state index contributed by atoms with van der Waals surface area (Å²) < 4.78 is 13.7. The minimum atomic E-state index is -0.236. The van der Waals surface area contributed by atoms with Gasteiger partial charge in [0.2, 0.25) is 5.95 Å². The highest BCUT2D eigenvalue weighted by Gasteiger charge is 2.06. The molecule has 3 aromatic rings. The SMILES string of the molecule is CN(CCc1ccncc1)c1ccnc(NCc2ccccc2F)n1. The Hall–Kier alpha value is -3.02. The van der Waals surface area contributed by atoms with E-state index in [-0.39, 0.29) is 5.82 Å². The number of nitrogens with one attached hydrogen (secondary N) is 1. The van der Waals surface area contributed by atoms with Crippen molar-refractivity contribution in [1.29, 1.82) is 0 Å². The second-order valence-corrected chi connectivity index (χ2v) is 5.71. The minimum Gasteiger partial charge on any atom is -0.359 e. The molecule has 2 aromatic heterocycles. The van der Waals surface area contributed by atoms with E-state index in [9.17, 15) is 4.39 Å². The Balaban J connectivity index is 1.59. The average Bonchev–Trinajstić information content (AvgIpc) is 2.66. The van der Waals surface area contributed by atoms with Gasteiger partial charge in [0.1, 0.15) is 11.6 Å². The quantitative estimate of drug-likeness (QED) is 0.717. The molecule has 0 aliphatic carbocycles. The molecule has 0 aliphatic heterocycles. The van der Waals surface area contributed by atoms with E-state index in [1.165, 1.54) is 11.6 Å². The van der Waals surface area contributed by atoms with Crippen LogP contribution in [0.1, 0.15) is 11.1 Å². The largest absolute Gasteiger partial charge is 0.359 e. The molecular weight excluding hydrogens is 317 g/mol. The van der Waals surface area contributed by atoms with Crippen molar-refractivity contribution in [3.8, 4) is 0 Å². The Labute approximate surface area is 146 Å². The van der Waals surface area contributed by atoms with E-state index in [0.717, 1.165) is 18.8 Å². The van der Waals surface area contributed by atoms with Crippen LogP contribution < -0.4 is 10.2 Å². The van der Waals surface area contributed by atoms with Gasteiger partial charge in [-0.25, -0.2) is 9.37 Å². The van der Waals surface area contributed by atoms with Gasteiger partial charge >= 0.3 is 0 Å². The van der Waals surface area contributed by atoms with E-state index >= 15 is 0 Å². The second-order valence-electron chi connectivity index (χ2n) is 5.71. The molecule has 1 aromatic carbocycles. The number of hydrogen-bond acceptors (Lipinski definition) is 5. The minimum absolute atomic E-state index is 0.236. The van der Waals surface area contributed by atoms with E-state index in [1.54, 1.807) is 30.7 Å². The van der Waals surface area contributed by atoms with Crippen molar-refractivity contribution in [2.75, 3.05) is 23.8 Å². The molecule has 0 saturated heterocycles. The van der Waals surface area contributed by atoms with E-state index in [4.69, 9.17) is 0 Å². The first kappa shape index (κ1) is 16.8. The van der Waals surface area contributed by atoms with Gasteiger partial charge < -0.3 is 10.2 Å². The first-order valence-corrected chi connectivity index (χ1v) is 8.13. The van der Waals surface area contributed by atoms with Crippen molar-refractivity contribution >= 4 is 11.8 Å². The number of hydrogen-bond donors (Lipinski definition) is 1. The van der Waals surface area contributed by atoms with Crippen molar-refractivity contribution in [3.63, 3.8) is 0 Å². The number of rotatable bonds is 7. The fraction of sp³-hybridized carbons (Fsp3) is 0.211. The maximum absolute atomic E-state index is 13.7. The van der Waals surface area contributed by atoms with E-state index in [1.807, 2.05) is 31.3 Å². The third-order valence-corrected chi connectivity index (χ3v) is 3.91. The van der Waals surface area contributed by atoms with Gasteiger partial charge in [-0.15, -0.1) is 0 Å². The zero-order valence-electron chi connectivity index (χ0n) is 14.1. The average molecular weight is 337 g/mol. The van der Waals surface area contributed by atoms with Gasteiger partial charge in [-0.1, -0.05) is 18.2 Å². The third-order valence-electron chi connectivity index (χ3n) is 3.91. The summed E-state index contributed by atoms with van der Waals surface area (Å²) in [5.74, 6) is 1.07. The van der Waals surface area contributed by atoms with Crippen LogP contribution in [-0.4, -0.2) is 28.5 Å². The van der Waals surface area contributed by atoms with Crippen LogP contribution >= 0.6 is 0 Å². The molecule has 0 fully saturated rings. The van der Waals surface area contributed by atoms with Gasteiger partial charge in [-0.2, -0.15) is 4.98 Å². The smallest absolute Gasteiger partial charge is 0.224 e. The van der Waals surface area contributed by atoms with Gasteiger partial charge in [-0.05, 0) is 36.2 Å². The lowest BCUT2D eigenvalue weighted by molar-refractivity contribution is 0.612. The maximum Gasteiger partial charge on any atom is 0.224 e. The van der Waals surface area contributed by atoms with Crippen LogP contribution in [-0.2, 0) is 13.0 Å². The van der Waals surface area contributed by atoms with Gasteiger partial charge in [0.15, 0.2) is 0 Å².